The fourth-order valence-electron chi connectivity index (χ4n) is 8.64. The Bertz CT molecular complexity index is 3430. The van der Waals surface area contributed by atoms with Crippen LogP contribution in [0.25, 0.3) is 85.6 Å². The van der Waals surface area contributed by atoms with E-state index in [9.17, 15) is 0 Å². The number of hydrogen-bond donors (Lipinski definition) is 1. The number of thiophene rings is 1. The van der Waals surface area contributed by atoms with Gasteiger partial charge >= 0.3 is 0 Å². The average molecular weight is 734 g/mol. The van der Waals surface area contributed by atoms with Gasteiger partial charge in [-0.05, 0) is 79.3 Å². The number of hydrogen-bond acceptors (Lipinski definition) is 5. The van der Waals surface area contributed by atoms with Crippen molar-refractivity contribution in [1.29, 1.82) is 0 Å². The van der Waals surface area contributed by atoms with Crippen LogP contribution in [-0.2, 0) is 0 Å². The number of nitrogens with one attached hydrogen (secondary N) is 1. The summed E-state index contributed by atoms with van der Waals surface area (Å²) in [4.78, 5) is 10.4. The number of benzene rings is 9. The molecular formula is C51H31N3OS. The van der Waals surface area contributed by atoms with Gasteiger partial charge in [-0.1, -0.05) is 146 Å². The quantitative estimate of drug-likeness (QED) is 0.183. The van der Waals surface area contributed by atoms with Gasteiger partial charge in [-0.15, -0.1) is 11.3 Å². The minimum atomic E-state index is -0.425. The van der Waals surface area contributed by atoms with Crippen LogP contribution in [0.5, 0.6) is 0 Å². The Hall–Kier alpha value is -7.08. The van der Waals surface area contributed by atoms with Crippen LogP contribution >= 0.6 is 11.3 Å². The van der Waals surface area contributed by atoms with Gasteiger partial charge in [-0.25, -0.2) is 9.98 Å². The summed E-state index contributed by atoms with van der Waals surface area (Å²) in [5.74, 6) is 1.56. The number of para-hydroxylation sites is 1. The molecule has 0 fully saturated rings. The van der Waals surface area contributed by atoms with Crippen LogP contribution < -0.4 is 5.32 Å². The lowest BCUT2D eigenvalue weighted by molar-refractivity contribution is 0.668. The van der Waals surface area contributed by atoms with E-state index in [0.717, 1.165) is 50.3 Å². The van der Waals surface area contributed by atoms with Crippen LogP contribution in [0.15, 0.2) is 190 Å². The number of aliphatic imine (C=N–C) groups is 2. The maximum atomic E-state index is 6.27. The first-order chi connectivity index (χ1) is 27.7. The van der Waals surface area contributed by atoms with Crippen LogP contribution in [-0.4, -0.2) is 11.7 Å². The van der Waals surface area contributed by atoms with Crippen molar-refractivity contribution >= 4 is 97.4 Å². The molecule has 0 bridgehead atoms. The van der Waals surface area contributed by atoms with Crippen molar-refractivity contribution in [3.8, 4) is 11.1 Å². The lowest BCUT2D eigenvalue weighted by atomic mass is 9.92. The van der Waals surface area contributed by atoms with Gasteiger partial charge < -0.3 is 9.73 Å². The first-order valence-corrected chi connectivity index (χ1v) is 19.7. The van der Waals surface area contributed by atoms with Gasteiger partial charge in [0.1, 0.15) is 22.8 Å². The molecule has 0 saturated heterocycles. The standard InChI is InChI=1S/C51H31N3OS/c1-2-11-30(12-3-1)49-52-50(32-22-25-41-40-17-8-9-20-45(40)55-46(41)28-32)54-51(53-49)33-23-26-42-43-19-10-18-34(48(43)56-47(42)29-33)31-21-24-39-37-15-5-4-13-35(37)36-14-6-7-16-38(36)44(39)27-31/h1-29,51H,(H,52,53,54). The van der Waals surface area contributed by atoms with Gasteiger partial charge in [0.25, 0.3) is 0 Å². The molecule has 0 spiro atoms. The van der Waals surface area contributed by atoms with Gasteiger partial charge in [-0.3, -0.25) is 0 Å². The SMILES string of the molecule is c1ccc(C2=NC(c3ccc4c(c3)sc3c(-c5ccc6c7ccccc7c7ccccc7c6c5)cccc34)N=C(c3ccc4c(c3)oc3ccccc34)N2)cc1. The van der Waals surface area contributed by atoms with Crippen molar-refractivity contribution in [3.63, 3.8) is 0 Å². The molecule has 5 heteroatoms. The normalized spacial score (nSPS) is 14.6. The second-order valence-corrected chi connectivity index (χ2v) is 15.6. The Morgan fingerprint density at radius 3 is 1.79 bits per heavy atom. The van der Waals surface area contributed by atoms with E-state index in [1.54, 1.807) is 0 Å². The van der Waals surface area contributed by atoms with Crippen molar-refractivity contribution in [1.82, 2.24) is 5.32 Å². The molecule has 9 aromatic carbocycles. The molecule has 4 nitrogen and oxygen atoms in total. The third kappa shape index (κ3) is 4.84. The van der Waals surface area contributed by atoms with Gasteiger partial charge in [0.15, 0.2) is 6.17 Å². The first-order valence-electron chi connectivity index (χ1n) is 18.9. The van der Waals surface area contributed by atoms with Crippen molar-refractivity contribution < 1.29 is 4.42 Å². The zero-order valence-corrected chi connectivity index (χ0v) is 30.8. The van der Waals surface area contributed by atoms with Gasteiger partial charge in [-0.2, -0.15) is 0 Å². The van der Waals surface area contributed by atoms with Crippen LogP contribution in [0.2, 0.25) is 0 Å². The molecule has 11 aromatic rings. The number of rotatable bonds is 4. The largest absolute Gasteiger partial charge is 0.456 e. The maximum Gasteiger partial charge on any atom is 0.169 e. The highest BCUT2D eigenvalue weighted by Crippen LogP contribution is 2.43. The number of fused-ring (bicyclic) bond motifs is 12. The van der Waals surface area contributed by atoms with E-state index in [4.69, 9.17) is 14.4 Å². The zero-order chi connectivity index (χ0) is 36.7. The predicted molar refractivity (Wildman–Crippen MR) is 236 cm³/mol. The molecule has 262 valence electrons. The molecule has 56 heavy (non-hydrogen) atoms. The molecule has 1 aliphatic heterocycles. The van der Waals surface area contributed by atoms with Crippen LogP contribution in [0, 0.1) is 0 Å². The van der Waals surface area contributed by atoms with Gasteiger partial charge in [0.05, 0.1) is 0 Å². The Labute approximate surface area is 325 Å². The Morgan fingerprint density at radius 1 is 0.411 bits per heavy atom. The topological polar surface area (TPSA) is 49.9 Å². The van der Waals surface area contributed by atoms with E-state index in [2.05, 4.69) is 145 Å². The van der Waals surface area contributed by atoms with Gasteiger partial charge in [0.2, 0.25) is 0 Å². The summed E-state index contributed by atoms with van der Waals surface area (Å²) in [6.45, 7) is 0. The molecule has 1 N–H and O–H groups in total. The summed E-state index contributed by atoms with van der Waals surface area (Å²) >= 11 is 1.85. The lowest BCUT2D eigenvalue weighted by Crippen LogP contribution is -2.36. The number of nitrogens with zero attached hydrogens (tertiary/aromatic N) is 2. The highest BCUT2D eigenvalue weighted by molar-refractivity contribution is 7.26. The highest BCUT2D eigenvalue weighted by Gasteiger charge is 2.23. The molecule has 0 aliphatic carbocycles. The highest BCUT2D eigenvalue weighted by atomic mass is 32.1. The Morgan fingerprint density at radius 2 is 1.00 bits per heavy atom. The molecule has 2 aromatic heterocycles. The Kier molecular flexibility index (Phi) is 6.83. The summed E-state index contributed by atoms with van der Waals surface area (Å²) in [6.07, 6.45) is -0.425. The average Bonchev–Trinajstić information content (AvgIpc) is 3.84. The summed E-state index contributed by atoms with van der Waals surface area (Å²) in [6, 6.07) is 62.8. The first kappa shape index (κ1) is 31.3. The monoisotopic (exact) mass is 733 g/mol. The smallest absolute Gasteiger partial charge is 0.169 e. The predicted octanol–water partition coefficient (Wildman–Crippen LogP) is 13.6. The number of furan rings is 1. The molecule has 0 radical (unpaired) electrons. The van der Waals surface area contributed by atoms with Crippen LogP contribution in [0.4, 0.5) is 0 Å². The van der Waals surface area contributed by atoms with E-state index < -0.39 is 6.17 Å². The molecule has 0 amide bonds. The Balaban J connectivity index is 0.986. The summed E-state index contributed by atoms with van der Waals surface area (Å²) < 4.78 is 8.77. The van der Waals surface area contributed by atoms with Gasteiger partial charge in [0, 0.05) is 42.1 Å². The van der Waals surface area contributed by atoms with E-state index in [-0.39, 0.29) is 0 Å². The third-order valence-corrected chi connectivity index (χ3v) is 12.5. The van der Waals surface area contributed by atoms with Crippen molar-refractivity contribution in [2.45, 2.75) is 6.17 Å². The van der Waals surface area contributed by atoms with E-state index >= 15 is 0 Å². The molecule has 0 saturated carbocycles. The van der Waals surface area contributed by atoms with Crippen molar-refractivity contribution in [3.05, 3.63) is 193 Å². The second-order valence-electron chi connectivity index (χ2n) is 14.5. The van der Waals surface area contributed by atoms with Crippen molar-refractivity contribution in [2.24, 2.45) is 9.98 Å². The van der Waals surface area contributed by atoms with E-state index in [1.165, 1.54) is 63.6 Å². The molecule has 1 atom stereocenters. The minimum absolute atomic E-state index is 0.425. The molecule has 1 unspecified atom stereocenters. The minimum Gasteiger partial charge on any atom is -0.456 e. The fraction of sp³-hybridized carbons (Fsp3) is 0.0196. The summed E-state index contributed by atoms with van der Waals surface area (Å²) in [7, 11) is 0. The third-order valence-electron chi connectivity index (χ3n) is 11.3. The summed E-state index contributed by atoms with van der Waals surface area (Å²) in [5, 5.41) is 16.0. The molecule has 12 rings (SSSR count). The second kappa shape index (κ2) is 12.2. The maximum absolute atomic E-state index is 6.27. The number of amidine groups is 2. The van der Waals surface area contributed by atoms with E-state index in [0.29, 0.717) is 0 Å². The molecule has 1 aliphatic rings. The lowest BCUT2D eigenvalue weighted by Gasteiger charge is -2.22. The molecular weight excluding hydrogens is 703 g/mol. The summed E-state index contributed by atoms with van der Waals surface area (Å²) in [5.41, 5.74) is 7.20. The van der Waals surface area contributed by atoms with Crippen LogP contribution in [0.1, 0.15) is 22.9 Å². The van der Waals surface area contributed by atoms with Crippen LogP contribution in [0.3, 0.4) is 0 Å². The zero-order valence-electron chi connectivity index (χ0n) is 30.0. The van der Waals surface area contributed by atoms with Crippen molar-refractivity contribution in [2.75, 3.05) is 0 Å². The molecule has 3 heterocycles. The fourth-order valence-corrected chi connectivity index (χ4v) is 9.93. The van der Waals surface area contributed by atoms with E-state index in [1.807, 2.05) is 47.7 Å².